The highest BCUT2D eigenvalue weighted by Crippen LogP contribution is 2.28. The van der Waals surface area contributed by atoms with Crippen molar-refractivity contribution in [1.29, 1.82) is 0 Å². The zero-order chi connectivity index (χ0) is 23.0. The van der Waals surface area contributed by atoms with Crippen molar-refractivity contribution < 1.29 is 9.21 Å². The third kappa shape index (κ3) is 6.00. The summed E-state index contributed by atoms with van der Waals surface area (Å²) < 4.78 is 7.11. The minimum absolute atomic E-state index is 0.129. The van der Waals surface area contributed by atoms with Crippen LogP contribution < -0.4 is 5.43 Å². The van der Waals surface area contributed by atoms with E-state index in [4.69, 9.17) is 16.0 Å². The van der Waals surface area contributed by atoms with Crippen molar-refractivity contribution in [3.05, 3.63) is 89.3 Å². The van der Waals surface area contributed by atoms with Gasteiger partial charge in [0, 0.05) is 22.5 Å². The molecule has 2 aromatic carbocycles. The molecular weight excluding hydrogens is 458 g/mol. The summed E-state index contributed by atoms with van der Waals surface area (Å²) in [4.78, 5) is 12.3. The summed E-state index contributed by atoms with van der Waals surface area (Å²) in [6.07, 6.45) is 6.49. The number of nitrogens with zero attached hydrogens (tertiary/aromatic N) is 4. The van der Waals surface area contributed by atoms with Crippen LogP contribution in [0.2, 0.25) is 5.02 Å². The molecule has 0 aliphatic heterocycles. The second kappa shape index (κ2) is 10.8. The molecule has 4 aromatic rings. The van der Waals surface area contributed by atoms with Crippen LogP contribution in [0.25, 0.3) is 23.2 Å². The molecule has 0 bridgehead atoms. The van der Waals surface area contributed by atoms with E-state index in [2.05, 4.69) is 20.7 Å². The molecule has 1 N–H and O–H groups in total. The third-order valence-corrected chi connectivity index (χ3v) is 5.69. The first-order chi connectivity index (χ1) is 16.1. The van der Waals surface area contributed by atoms with E-state index in [0.29, 0.717) is 21.8 Å². The number of nitrogens with one attached hydrogen (secondary N) is 1. The molecule has 2 aromatic heterocycles. The maximum absolute atomic E-state index is 12.3. The van der Waals surface area contributed by atoms with Crippen molar-refractivity contribution in [2.45, 2.75) is 12.1 Å². The number of halogens is 1. The summed E-state index contributed by atoms with van der Waals surface area (Å²) in [5.41, 5.74) is 5.42. The molecule has 2 heterocycles. The molecule has 0 spiro atoms. The number of furan rings is 1. The van der Waals surface area contributed by atoms with Crippen LogP contribution in [-0.4, -0.2) is 32.6 Å². The van der Waals surface area contributed by atoms with Crippen molar-refractivity contribution in [3.8, 4) is 17.1 Å². The first-order valence-corrected chi connectivity index (χ1v) is 11.4. The van der Waals surface area contributed by atoms with Gasteiger partial charge in [-0.15, -0.1) is 10.2 Å². The standard InChI is InChI=1S/C24H20ClN5O2S/c1-17-6-12-20(13-7-17)30-23(18-8-10-19(25)11-9-18)28-29-24(30)33-16-22(31)27-26-14-2-4-21-5-3-15-32-21/h2-15H,16H2,1H3,(H,27,31). The van der Waals surface area contributed by atoms with E-state index in [1.807, 2.05) is 66.1 Å². The lowest BCUT2D eigenvalue weighted by atomic mass is 10.2. The quantitative estimate of drug-likeness (QED) is 0.209. The Morgan fingerprint density at radius 1 is 1.15 bits per heavy atom. The predicted molar refractivity (Wildman–Crippen MR) is 132 cm³/mol. The third-order valence-electron chi connectivity index (χ3n) is 4.51. The topological polar surface area (TPSA) is 85.3 Å². The van der Waals surface area contributed by atoms with Crippen molar-refractivity contribution in [1.82, 2.24) is 20.2 Å². The predicted octanol–water partition coefficient (Wildman–Crippen LogP) is 5.40. The summed E-state index contributed by atoms with van der Waals surface area (Å²) >= 11 is 7.32. The number of hydrazone groups is 1. The first-order valence-electron chi connectivity index (χ1n) is 10.0. The number of amides is 1. The number of hydrogen-bond donors (Lipinski definition) is 1. The molecular formula is C24H20ClN5O2S. The fraction of sp³-hybridized carbons (Fsp3) is 0.0833. The number of carbonyl (C=O) groups is 1. The van der Waals surface area contributed by atoms with Crippen molar-refractivity contribution >= 4 is 41.6 Å². The van der Waals surface area contributed by atoms with E-state index in [1.54, 1.807) is 24.5 Å². The average Bonchev–Trinajstić information content (AvgIpc) is 3.49. The summed E-state index contributed by atoms with van der Waals surface area (Å²) in [6, 6.07) is 19.1. The normalized spacial score (nSPS) is 11.5. The van der Waals surface area contributed by atoms with Crippen LogP contribution in [-0.2, 0) is 4.79 Å². The molecule has 9 heteroatoms. The Balaban J connectivity index is 1.47. The lowest BCUT2D eigenvalue weighted by molar-refractivity contribution is -0.118. The van der Waals surface area contributed by atoms with Gasteiger partial charge in [-0.1, -0.05) is 41.1 Å². The SMILES string of the molecule is Cc1ccc(-n2c(SCC(=O)NN=CC=Cc3ccco3)nnc2-c2ccc(Cl)cc2)cc1. The Labute approximate surface area is 200 Å². The van der Waals surface area contributed by atoms with Crippen LogP contribution >= 0.6 is 23.4 Å². The number of aromatic nitrogens is 3. The van der Waals surface area contributed by atoms with Crippen LogP contribution in [0.15, 0.2) is 87.7 Å². The van der Waals surface area contributed by atoms with Crippen LogP contribution in [0.1, 0.15) is 11.3 Å². The van der Waals surface area contributed by atoms with Gasteiger partial charge >= 0.3 is 0 Å². The minimum atomic E-state index is -0.255. The number of thioether (sulfide) groups is 1. The molecule has 0 aliphatic rings. The maximum Gasteiger partial charge on any atom is 0.250 e. The highest BCUT2D eigenvalue weighted by atomic mass is 35.5. The summed E-state index contributed by atoms with van der Waals surface area (Å²) in [5.74, 6) is 1.24. The molecule has 166 valence electrons. The molecule has 0 fully saturated rings. The van der Waals surface area contributed by atoms with Gasteiger partial charge in [0.2, 0.25) is 0 Å². The first kappa shape index (κ1) is 22.6. The summed E-state index contributed by atoms with van der Waals surface area (Å²) in [5, 5.41) is 13.9. The molecule has 1 amide bonds. The number of benzene rings is 2. The highest BCUT2D eigenvalue weighted by Gasteiger charge is 2.17. The second-order valence-electron chi connectivity index (χ2n) is 6.96. The smallest absolute Gasteiger partial charge is 0.250 e. The molecule has 0 unspecified atom stereocenters. The Kier molecular flexibility index (Phi) is 7.39. The van der Waals surface area contributed by atoms with Crippen molar-refractivity contribution in [2.24, 2.45) is 5.10 Å². The van der Waals surface area contributed by atoms with E-state index in [-0.39, 0.29) is 11.7 Å². The second-order valence-corrected chi connectivity index (χ2v) is 8.34. The van der Waals surface area contributed by atoms with Crippen LogP contribution in [0.5, 0.6) is 0 Å². The fourth-order valence-corrected chi connectivity index (χ4v) is 3.78. The summed E-state index contributed by atoms with van der Waals surface area (Å²) in [7, 11) is 0. The molecule has 0 aliphatic carbocycles. The van der Waals surface area contributed by atoms with Crippen molar-refractivity contribution in [2.75, 3.05) is 5.75 Å². The Bertz CT molecular complexity index is 1260. The number of hydrogen-bond acceptors (Lipinski definition) is 6. The zero-order valence-electron chi connectivity index (χ0n) is 17.7. The van der Waals surface area contributed by atoms with E-state index < -0.39 is 0 Å². The molecule has 4 rings (SSSR count). The van der Waals surface area contributed by atoms with Gasteiger partial charge in [-0.25, -0.2) is 5.43 Å². The van der Waals surface area contributed by atoms with Crippen molar-refractivity contribution in [3.63, 3.8) is 0 Å². The Morgan fingerprint density at radius 3 is 2.67 bits per heavy atom. The minimum Gasteiger partial charge on any atom is -0.465 e. The number of carbonyl (C=O) groups excluding carboxylic acids is 1. The van der Waals surface area contributed by atoms with Gasteiger partial charge in [0.15, 0.2) is 11.0 Å². The van der Waals surface area contributed by atoms with Gasteiger partial charge in [0.25, 0.3) is 5.91 Å². The Morgan fingerprint density at radius 2 is 1.94 bits per heavy atom. The number of rotatable bonds is 8. The van der Waals surface area contributed by atoms with Crippen LogP contribution in [0.3, 0.4) is 0 Å². The molecule has 0 saturated carbocycles. The largest absolute Gasteiger partial charge is 0.465 e. The highest BCUT2D eigenvalue weighted by molar-refractivity contribution is 7.99. The van der Waals surface area contributed by atoms with Gasteiger partial charge in [-0.3, -0.25) is 9.36 Å². The number of aryl methyl sites for hydroxylation is 1. The average molecular weight is 478 g/mol. The lowest BCUT2D eigenvalue weighted by Gasteiger charge is -2.10. The number of allylic oxidation sites excluding steroid dienone is 1. The van der Waals surface area contributed by atoms with Gasteiger partial charge in [0.1, 0.15) is 5.76 Å². The van der Waals surface area contributed by atoms with E-state index in [1.165, 1.54) is 18.0 Å². The van der Waals surface area contributed by atoms with Crippen LogP contribution in [0, 0.1) is 6.92 Å². The molecule has 33 heavy (non-hydrogen) atoms. The fourth-order valence-electron chi connectivity index (χ4n) is 2.91. The maximum atomic E-state index is 12.3. The molecule has 0 radical (unpaired) electrons. The van der Waals surface area contributed by atoms with E-state index >= 15 is 0 Å². The molecule has 0 atom stereocenters. The molecule has 0 saturated heterocycles. The van der Waals surface area contributed by atoms with Crippen LogP contribution in [0.4, 0.5) is 0 Å². The van der Waals surface area contributed by atoms with Gasteiger partial charge in [-0.2, -0.15) is 5.10 Å². The van der Waals surface area contributed by atoms with Gasteiger partial charge < -0.3 is 4.42 Å². The van der Waals surface area contributed by atoms with E-state index in [0.717, 1.165) is 16.8 Å². The lowest BCUT2D eigenvalue weighted by Crippen LogP contribution is -2.19. The van der Waals surface area contributed by atoms with Gasteiger partial charge in [0.05, 0.1) is 12.0 Å². The Hall–Kier alpha value is -3.62. The van der Waals surface area contributed by atoms with E-state index in [9.17, 15) is 4.79 Å². The molecule has 7 nitrogen and oxygen atoms in total. The summed E-state index contributed by atoms with van der Waals surface area (Å²) in [6.45, 7) is 2.03. The monoisotopic (exact) mass is 477 g/mol. The zero-order valence-corrected chi connectivity index (χ0v) is 19.3. The van der Waals surface area contributed by atoms with Gasteiger partial charge in [-0.05, 0) is 67.6 Å².